The van der Waals surface area contributed by atoms with Gasteiger partial charge in [-0.1, -0.05) is 25.5 Å². The molecule has 1 unspecified atom stereocenters. The van der Waals surface area contributed by atoms with E-state index >= 15 is 0 Å². The Morgan fingerprint density at radius 3 is 2.45 bits per heavy atom. The number of thiol groups is 1. The van der Waals surface area contributed by atoms with E-state index in [1.807, 2.05) is 0 Å². The third kappa shape index (κ3) is 3.70. The lowest BCUT2D eigenvalue weighted by molar-refractivity contribution is 0.224. The molecule has 2 nitrogen and oxygen atoms in total. The highest BCUT2D eigenvalue weighted by molar-refractivity contribution is 7.80. The van der Waals surface area contributed by atoms with Gasteiger partial charge in [-0.15, -0.1) is 0 Å². The Morgan fingerprint density at radius 2 is 1.85 bits per heavy atom. The van der Waals surface area contributed by atoms with E-state index in [-0.39, 0.29) is 0 Å². The molecule has 1 aromatic carbocycles. The van der Waals surface area contributed by atoms with E-state index in [9.17, 15) is 0 Å². The third-order valence-corrected chi connectivity index (χ3v) is 5.16. The number of rotatable bonds is 5. The van der Waals surface area contributed by atoms with E-state index in [4.69, 9.17) is 0 Å². The van der Waals surface area contributed by atoms with E-state index in [1.54, 1.807) is 0 Å². The fourth-order valence-corrected chi connectivity index (χ4v) is 3.30. The molecule has 3 heteroatoms. The molecule has 2 rings (SSSR count). The lowest BCUT2D eigenvalue weighted by Gasteiger charge is -2.38. The van der Waals surface area contributed by atoms with E-state index in [0.717, 1.165) is 24.8 Å². The Bertz CT molecular complexity index is 421. The highest BCUT2D eigenvalue weighted by atomic mass is 32.1. The largest absolute Gasteiger partial charge is 0.369 e. The Labute approximate surface area is 129 Å². The zero-order chi connectivity index (χ0) is 14.5. The number of anilines is 1. The zero-order valence-electron chi connectivity index (χ0n) is 13.1. The van der Waals surface area contributed by atoms with Gasteiger partial charge in [-0.25, -0.2) is 0 Å². The first-order chi connectivity index (χ1) is 9.65. The van der Waals surface area contributed by atoms with Gasteiger partial charge in [0.2, 0.25) is 0 Å². The van der Waals surface area contributed by atoms with Crippen LogP contribution in [0.1, 0.15) is 24.5 Å². The molecular weight excluding hydrogens is 264 g/mol. The van der Waals surface area contributed by atoms with E-state index in [2.05, 4.69) is 61.4 Å². The molecule has 0 N–H and O–H groups in total. The average Bonchev–Trinajstić information content (AvgIpc) is 2.48. The van der Waals surface area contributed by atoms with E-state index in [1.165, 1.54) is 42.9 Å². The molecule has 0 aromatic heterocycles. The molecule has 20 heavy (non-hydrogen) atoms. The fourth-order valence-electron chi connectivity index (χ4n) is 2.93. The Morgan fingerprint density at radius 1 is 1.15 bits per heavy atom. The quantitative estimate of drug-likeness (QED) is 0.831. The van der Waals surface area contributed by atoms with Gasteiger partial charge in [0, 0.05) is 38.4 Å². The van der Waals surface area contributed by atoms with Crippen LogP contribution in [0, 0.1) is 19.8 Å². The van der Waals surface area contributed by atoms with Crippen LogP contribution in [-0.4, -0.2) is 43.4 Å². The van der Waals surface area contributed by atoms with Crippen LogP contribution in [0.3, 0.4) is 0 Å². The van der Waals surface area contributed by atoms with Crippen LogP contribution in [0.5, 0.6) is 0 Å². The monoisotopic (exact) mass is 292 g/mol. The van der Waals surface area contributed by atoms with E-state index < -0.39 is 0 Å². The smallest absolute Gasteiger partial charge is 0.0399 e. The topological polar surface area (TPSA) is 6.48 Å². The van der Waals surface area contributed by atoms with Crippen molar-refractivity contribution >= 4 is 18.3 Å². The minimum absolute atomic E-state index is 0.741. The van der Waals surface area contributed by atoms with Crippen molar-refractivity contribution in [3.05, 3.63) is 29.3 Å². The minimum Gasteiger partial charge on any atom is -0.369 e. The van der Waals surface area contributed by atoms with Gasteiger partial charge < -0.3 is 4.90 Å². The van der Waals surface area contributed by atoms with Crippen molar-refractivity contribution in [1.82, 2.24) is 4.90 Å². The summed E-state index contributed by atoms with van der Waals surface area (Å²) in [4.78, 5) is 5.15. The molecule has 1 atom stereocenters. The molecule has 0 bridgehead atoms. The maximum absolute atomic E-state index is 4.46. The number of nitrogens with zero attached hydrogens (tertiary/aromatic N) is 2. The van der Waals surface area contributed by atoms with Crippen molar-refractivity contribution in [2.24, 2.45) is 5.92 Å². The molecule has 0 amide bonds. The molecule has 1 aromatic rings. The summed E-state index contributed by atoms with van der Waals surface area (Å²) in [7, 11) is 0. The van der Waals surface area contributed by atoms with Crippen molar-refractivity contribution in [2.45, 2.75) is 27.2 Å². The van der Waals surface area contributed by atoms with Crippen LogP contribution in [0.4, 0.5) is 5.69 Å². The van der Waals surface area contributed by atoms with Crippen LogP contribution in [-0.2, 0) is 0 Å². The van der Waals surface area contributed by atoms with Crippen molar-refractivity contribution in [3.8, 4) is 0 Å². The standard InChI is InChI=1S/C17H28N2S/c1-4-16(13-20)12-18-8-10-19(11-9-18)17-7-5-6-14(2)15(17)3/h5-7,16,20H,4,8-13H2,1-3H3. The molecule has 0 spiro atoms. The van der Waals surface area contributed by atoms with Crippen molar-refractivity contribution < 1.29 is 0 Å². The lowest BCUT2D eigenvalue weighted by atomic mass is 10.1. The molecule has 0 aliphatic carbocycles. The summed E-state index contributed by atoms with van der Waals surface area (Å²) in [6, 6.07) is 6.65. The van der Waals surface area contributed by atoms with Crippen molar-refractivity contribution in [2.75, 3.05) is 43.4 Å². The Hall–Kier alpha value is -0.670. The molecule has 0 saturated carbocycles. The summed E-state index contributed by atoms with van der Waals surface area (Å²) in [5, 5.41) is 0. The van der Waals surface area contributed by atoms with Gasteiger partial charge in [0.1, 0.15) is 0 Å². The summed E-state index contributed by atoms with van der Waals surface area (Å²) < 4.78 is 0. The van der Waals surface area contributed by atoms with Gasteiger partial charge in [0.25, 0.3) is 0 Å². The van der Waals surface area contributed by atoms with Gasteiger partial charge in [-0.05, 0) is 42.7 Å². The second kappa shape index (κ2) is 7.37. The van der Waals surface area contributed by atoms with Crippen LogP contribution >= 0.6 is 12.6 Å². The van der Waals surface area contributed by atoms with Crippen LogP contribution in [0.25, 0.3) is 0 Å². The maximum atomic E-state index is 4.46. The zero-order valence-corrected chi connectivity index (χ0v) is 14.0. The molecule has 112 valence electrons. The van der Waals surface area contributed by atoms with Gasteiger partial charge in [0.05, 0.1) is 0 Å². The highest BCUT2D eigenvalue weighted by Crippen LogP contribution is 2.24. The normalized spacial score (nSPS) is 18.3. The van der Waals surface area contributed by atoms with Gasteiger partial charge in [-0.2, -0.15) is 12.6 Å². The molecule has 0 radical (unpaired) electrons. The minimum atomic E-state index is 0.741. The van der Waals surface area contributed by atoms with Crippen LogP contribution in [0.2, 0.25) is 0 Å². The Balaban J connectivity index is 1.92. The van der Waals surface area contributed by atoms with Crippen LogP contribution in [0.15, 0.2) is 18.2 Å². The first kappa shape index (κ1) is 15.7. The Kier molecular flexibility index (Phi) is 5.79. The molecule has 1 heterocycles. The summed E-state index contributed by atoms with van der Waals surface area (Å²) >= 11 is 4.46. The molecule has 1 aliphatic rings. The SMILES string of the molecule is CCC(CS)CN1CCN(c2cccc(C)c2C)CC1. The third-order valence-electron chi connectivity index (χ3n) is 4.64. The number of aryl methyl sites for hydroxylation is 1. The van der Waals surface area contributed by atoms with Gasteiger partial charge in [-0.3, -0.25) is 4.90 Å². The predicted octanol–water partition coefficient (Wildman–Crippen LogP) is 3.38. The number of piperazine rings is 1. The average molecular weight is 292 g/mol. The van der Waals surface area contributed by atoms with E-state index in [0.29, 0.717) is 0 Å². The first-order valence-electron chi connectivity index (χ1n) is 7.80. The van der Waals surface area contributed by atoms with Crippen LogP contribution < -0.4 is 4.90 Å². The predicted molar refractivity (Wildman–Crippen MR) is 92.2 cm³/mol. The van der Waals surface area contributed by atoms with Gasteiger partial charge in [0.15, 0.2) is 0 Å². The molecule has 1 aliphatic heterocycles. The molecular formula is C17H28N2S. The summed E-state index contributed by atoms with van der Waals surface area (Å²) in [6.07, 6.45) is 1.24. The number of hydrogen-bond donors (Lipinski definition) is 1. The second-order valence-electron chi connectivity index (χ2n) is 5.96. The second-order valence-corrected chi connectivity index (χ2v) is 6.33. The maximum Gasteiger partial charge on any atom is 0.0399 e. The molecule has 1 saturated heterocycles. The molecule has 1 fully saturated rings. The highest BCUT2D eigenvalue weighted by Gasteiger charge is 2.20. The lowest BCUT2D eigenvalue weighted by Crippen LogP contribution is -2.48. The first-order valence-corrected chi connectivity index (χ1v) is 8.43. The number of hydrogen-bond acceptors (Lipinski definition) is 3. The van der Waals surface area contributed by atoms with Crippen molar-refractivity contribution in [3.63, 3.8) is 0 Å². The summed E-state index contributed by atoms with van der Waals surface area (Å²) in [5.41, 5.74) is 4.25. The van der Waals surface area contributed by atoms with Crippen molar-refractivity contribution in [1.29, 1.82) is 0 Å². The summed E-state index contributed by atoms with van der Waals surface area (Å²) in [6.45, 7) is 12.6. The fraction of sp³-hybridized carbons (Fsp3) is 0.647. The van der Waals surface area contributed by atoms with Gasteiger partial charge >= 0.3 is 0 Å². The number of benzene rings is 1. The summed E-state index contributed by atoms with van der Waals surface area (Å²) in [5.74, 6) is 1.75.